The fourth-order valence-corrected chi connectivity index (χ4v) is 2.88. The van der Waals surface area contributed by atoms with Crippen molar-refractivity contribution in [2.45, 2.75) is 38.6 Å². The molecule has 0 aromatic heterocycles. The number of nitrogens with one attached hydrogen (secondary N) is 1. The number of carbonyl (C=O) groups is 2. The predicted octanol–water partition coefficient (Wildman–Crippen LogP) is 2.00. The number of ketones is 1. The SMILES string of the molecule is CCC(=O)C1(C(=O)NC2COc3ccc(F)cc3C2)CC1. The highest BCUT2D eigenvalue weighted by Gasteiger charge is 2.55. The molecule has 1 aliphatic heterocycles. The molecule has 21 heavy (non-hydrogen) atoms. The smallest absolute Gasteiger partial charge is 0.234 e. The van der Waals surface area contributed by atoms with E-state index in [-0.39, 0.29) is 23.5 Å². The van der Waals surface area contributed by atoms with Crippen molar-refractivity contribution >= 4 is 11.7 Å². The van der Waals surface area contributed by atoms with Crippen molar-refractivity contribution < 1.29 is 18.7 Å². The van der Waals surface area contributed by atoms with Crippen molar-refractivity contribution in [1.29, 1.82) is 0 Å². The zero-order chi connectivity index (χ0) is 15.0. The van der Waals surface area contributed by atoms with Crippen molar-refractivity contribution in [1.82, 2.24) is 5.32 Å². The van der Waals surface area contributed by atoms with Gasteiger partial charge in [-0.1, -0.05) is 6.92 Å². The molecule has 1 atom stereocenters. The second kappa shape index (κ2) is 5.13. The summed E-state index contributed by atoms with van der Waals surface area (Å²) in [6, 6.07) is 4.18. The zero-order valence-corrected chi connectivity index (χ0v) is 11.9. The number of ether oxygens (including phenoxy) is 1. The number of Topliss-reactive ketones (excluding diaryl/α,β-unsaturated/α-hetero) is 1. The summed E-state index contributed by atoms with van der Waals surface area (Å²) in [5.74, 6) is 0.141. The van der Waals surface area contributed by atoms with Gasteiger partial charge in [0.15, 0.2) is 0 Å². The summed E-state index contributed by atoms with van der Waals surface area (Å²) in [6.07, 6.45) is 2.16. The quantitative estimate of drug-likeness (QED) is 0.863. The lowest BCUT2D eigenvalue weighted by atomic mass is 9.96. The number of amides is 1. The molecule has 1 heterocycles. The van der Waals surface area contributed by atoms with Crippen molar-refractivity contribution in [2.75, 3.05) is 6.61 Å². The van der Waals surface area contributed by atoms with Crippen LogP contribution in [0.5, 0.6) is 5.75 Å². The van der Waals surface area contributed by atoms with Crippen LogP contribution in [0.25, 0.3) is 0 Å². The van der Waals surface area contributed by atoms with Crippen LogP contribution in [0.4, 0.5) is 4.39 Å². The summed E-state index contributed by atoms with van der Waals surface area (Å²) in [5.41, 5.74) is -0.0602. The van der Waals surface area contributed by atoms with Gasteiger partial charge in [0.2, 0.25) is 5.91 Å². The number of rotatable bonds is 4. The Bertz CT molecular complexity index is 595. The average molecular weight is 291 g/mol. The molecule has 112 valence electrons. The normalized spacial score (nSPS) is 21.9. The molecule has 1 aromatic carbocycles. The fraction of sp³-hybridized carbons (Fsp3) is 0.500. The first kappa shape index (κ1) is 14.0. The van der Waals surface area contributed by atoms with E-state index in [2.05, 4.69) is 5.32 Å². The van der Waals surface area contributed by atoms with Crippen molar-refractivity contribution in [3.63, 3.8) is 0 Å². The molecule has 0 spiro atoms. The summed E-state index contributed by atoms with van der Waals surface area (Å²) in [5, 5.41) is 2.89. The van der Waals surface area contributed by atoms with Gasteiger partial charge in [0.05, 0.1) is 6.04 Å². The van der Waals surface area contributed by atoms with E-state index in [9.17, 15) is 14.0 Å². The van der Waals surface area contributed by atoms with Crippen LogP contribution in [0.1, 0.15) is 31.7 Å². The molecule has 1 saturated carbocycles. The molecule has 1 N–H and O–H groups in total. The molecule has 5 heteroatoms. The van der Waals surface area contributed by atoms with E-state index in [4.69, 9.17) is 4.74 Å². The number of fused-ring (bicyclic) bond motifs is 1. The number of hydrogen-bond donors (Lipinski definition) is 1. The largest absolute Gasteiger partial charge is 0.491 e. The molecule has 0 bridgehead atoms. The van der Waals surface area contributed by atoms with Crippen molar-refractivity contribution in [3.8, 4) is 5.75 Å². The van der Waals surface area contributed by atoms with Crippen LogP contribution in [0.3, 0.4) is 0 Å². The molecule has 1 aromatic rings. The Morgan fingerprint density at radius 3 is 2.86 bits per heavy atom. The van der Waals surface area contributed by atoms with Gasteiger partial charge in [0.1, 0.15) is 29.4 Å². The second-order valence-corrected chi connectivity index (χ2v) is 5.80. The Morgan fingerprint density at radius 1 is 1.43 bits per heavy atom. The van der Waals surface area contributed by atoms with Crippen LogP contribution < -0.4 is 10.1 Å². The summed E-state index contributed by atoms with van der Waals surface area (Å²) >= 11 is 0. The third kappa shape index (κ3) is 2.52. The van der Waals surface area contributed by atoms with Crippen LogP contribution in [-0.2, 0) is 16.0 Å². The fourth-order valence-electron chi connectivity index (χ4n) is 2.88. The molecule has 1 unspecified atom stereocenters. The maximum absolute atomic E-state index is 13.2. The molecule has 1 fully saturated rings. The minimum absolute atomic E-state index is 0.00294. The Hall–Kier alpha value is -1.91. The lowest BCUT2D eigenvalue weighted by molar-refractivity contribution is -0.136. The highest BCUT2D eigenvalue weighted by Crippen LogP contribution is 2.47. The van der Waals surface area contributed by atoms with Crippen LogP contribution in [0, 0.1) is 11.2 Å². The van der Waals surface area contributed by atoms with E-state index in [0.29, 0.717) is 38.0 Å². The lowest BCUT2D eigenvalue weighted by Gasteiger charge is -2.27. The van der Waals surface area contributed by atoms with E-state index in [0.717, 1.165) is 5.56 Å². The van der Waals surface area contributed by atoms with Crippen molar-refractivity contribution in [2.24, 2.45) is 5.41 Å². The van der Waals surface area contributed by atoms with E-state index < -0.39 is 5.41 Å². The number of benzene rings is 1. The van der Waals surface area contributed by atoms with Gasteiger partial charge in [-0.3, -0.25) is 9.59 Å². The van der Waals surface area contributed by atoms with E-state index in [1.54, 1.807) is 13.0 Å². The molecular weight excluding hydrogens is 273 g/mol. The van der Waals surface area contributed by atoms with Gasteiger partial charge in [-0.25, -0.2) is 4.39 Å². The number of carbonyl (C=O) groups excluding carboxylic acids is 2. The molecule has 2 aliphatic rings. The predicted molar refractivity (Wildman–Crippen MR) is 74.5 cm³/mol. The summed E-state index contributed by atoms with van der Waals surface area (Å²) in [4.78, 5) is 24.2. The molecule has 0 saturated heterocycles. The Kier molecular flexibility index (Phi) is 3.43. The number of halogens is 1. The van der Waals surface area contributed by atoms with Crippen LogP contribution in [0.2, 0.25) is 0 Å². The monoisotopic (exact) mass is 291 g/mol. The van der Waals surface area contributed by atoms with Crippen LogP contribution in [0.15, 0.2) is 18.2 Å². The maximum Gasteiger partial charge on any atom is 0.234 e. The molecule has 1 aliphatic carbocycles. The molecule has 3 rings (SSSR count). The lowest BCUT2D eigenvalue weighted by Crippen LogP contribution is -2.47. The van der Waals surface area contributed by atoms with Crippen LogP contribution >= 0.6 is 0 Å². The first-order valence-electron chi connectivity index (χ1n) is 7.30. The standard InChI is InChI=1S/C16H18FNO3/c1-2-14(19)16(5-6-16)15(20)18-12-8-10-7-11(17)3-4-13(10)21-9-12/h3-4,7,12H,2,5-6,8-9H2,1H3,(H,18,20). The highest BCUT2D eigenvalue weighted by molar-refractivity contribution is 6.08. The zero-order valence-electron chi connectivity index (χ0n) is 11.9. The van der Waals surface area contributed by atoms with E-state index >= 15 is 0 Å². The second-order valence-electron chi connectivity index (χ2n) is 5.80. The first-order chi connectivity index (χ1) is 10.0. The summed E-state index contributed by atoms with van der Waals surface area (Å²) < 4.78 is 18.8. The Labute approximate surface area is 122 Å². The van der Waals surface area contributed by atoms with Gasteiger partial charge in [-0.05, 0) is 43.0 Å². The van der Waals surface area contributed by atoms with Gasteiger partial charge < -0.3 is 10.1 Å². The minimum Gasteiger partial charge on any atom is -0.491 e. The van der Waals surface area contributed by atoms with Crippen molar-refractivity contribution in [3.05, 3.63) is 29.6 Å². The summed E-state index contributed by atoms with van der Waals surface area (Å²) in [6.45, 7) is 2.12. The van der Waals surface area contributed by atoms with E-state index in [1.807, 2.05) is 0 Å². The van der Waals surface area contributed by atoms with Gasteiger partial charge >= 0.3 is 0 Å². The first-order valence-corrected chi connectivity index (χ1v) is 7.30. The number of hydrogen-bond acceptors (Lipinski definition) is 3. The molecule has 0 radical (unpaired) electrons. The van der Waals surface area contributed by atoms with Gasteiger partial charge in [0, 0.05) is 6.42 Å². The summed E-state index contributed by atoms with van der Waals surface area (Å²) in [7, 11) is 0. The third-order valence-electron chi connectivity index (χ3n) is 4.30. The molecular formula is C16H18FNO3. The van der Waals surface area contributed by atoms with E-state index in [1.165, 1.54) is 12.1 Å². The molecule has 4 nitrogen and oxygen atoms in total. The van der Waals surface area contributed by atoms with Gasteiger partial charge in [-0.15, -0.1) is 0 Å². The Morgan fingerprint density at radius 2 is 2.19 bits per heavy atom. The third-order valence-corrected chi connectivity index (χ3v) is 4.30. The van der Waals surface area contributed by atoms with Crippen LogP contribution in [-0.4, -0.2) is 24.3 Å². The van der Waals surface area contributed by atoms with Gasteiger partial charge in [-0.2, -0.15) is 0 Å². The maximum atomic E-state index is 13.2. The molecule has 1 amide bonds. The topological polar surface area (TPSA) is 55.4 Å². The highest BCUT2D eigenvalue weighted by atomic mass is 19.1. The Balaban J connectivity index is 1.67. The average Bonchev–Trinajstić information content (AvgIpc) is 3.27. The minimum atomic E-state index is -0.809. The van der Waals surface area contributed by atoms with Gasteiger partial charge in [0.25, 0.3) is 0 Å².